The summed E-state index contributed by atoms with van der Waals surface area (Å²) in [4.78, 5) is 8.22. The molecular formula is C19H14F6N4O. The molecule has 0 radical (unpaired) electrons. The molecule has 0 saturated carbocycles. The van der Waals surface area contributed by atoms with Crippen molar-refractivity contribution >= 4 is 17.5 Å². The van der Waals surface area contributed by atoms with Crippen LogP contribution in [0.25, 0.3) is 11.3 Å². The Balaban J connectivity index is 1.99. The van der Waals surface area contributed by atoms with Gasteiger partial charge in [-0.05, 0) is 24.3 Å². The van der Waals surface area contributed by atoms with Crippen molar-refractivity contribution in [3.8, 4) is 17.0 Å². The van der Waals surface area contributed by atoms with Crippen molar-refractivity contribution in [2.75, 3.05) is 17.7 Å². The van der Waals surface area contributed by atoms with Crippen LogP contribution in [0.3, 0.4) is 0 Å². The molecule has 1 aromatic heterocycles. The molecule has 2 aromatic carbocycles. The van der Waals surface area contributed by atoms with Crippen LogP contribution in [0.4, 0.5) is 43.8 Å². The summed E-state index contributed by atoms with van der Waals surface area (Å²) in [6.45, 7) is 0. The Morgan fingerprint density at radius 1 is 0.867 bits per heavy atom. The summed E-state index contributed by atoms with van der Waals surface area (Å²) in [5.41, 5.74) is -0.695. The van der Waals surface area contributed by atoms with E-state index in [1.165, 1.54) is 43.4 Å². The van der Waals surface area contributed by atoms with Gasteiger partial charge in [-0.3, -0.25) is 0 Å². The zero-order chi connectivity index (χ0) is 21.9. The molecule has 1 heterocycles. The number of rotatable bonds is 5. The third-order valence-electron chi connectivity index (χ3n) is 3.81. The maximum Gasteiger partial charge on any atom is 0.573 e. The van der Waals surface area contributed by atoms with Crippen LogP contribution in [0.2, 0.25) is 0 Å². The molecule has 5 nitrogen and oxygen atoms in total. The quantitative estimate of drug-likeness (QED) is 0.500. The highest BCUT2D eigenvalue weighted by Crippen LogP contribution is 2.36. The first-order chi connectivity index (χ1) is 14.0. The van der Waals surface area contributed by atoms with Crippen molar-refractivity contribution < 1.29 is 31.1 Å². The van der Waals surface area contributed by atoms with Gasteiger partial charge in [-0.25, -0.2) is 4.98 Å². The summed E-state index contributed by atoms with van der Waals surface area (Å²) in [6, 6.07) is 11.2. The summed E-state index contributed by atoms with van der Waals surface area (Å²) in [5.74, 6) is -0.383. The van der Waals surface area contributed by atoms with Gasteiger partial charge in [0.25, 0.3) is 0 Å². The van der Waals surface area contributed by atoms with Gasteiger partial charge in [-0.2, -0.15) is 18.2 Å². The van der Waals surface area contributed by atoms with Crippen LogP contribution >= 0.6 is 0 Å². The maximum atomic E-state index is 13.2. The molecule has 0 unspecified atom stereocenters. The molecule has 0 aliphatic heterocycles. The van der Waals surface area contributed by atoms with E-state index in [0.717, 1.165) is 18.2 Å². The lowest BCUT2D eigenvalue weighted by atomic mass is 10.1. The van der Waals surface area contributed by atoms with E-state index in [1.54, 1.807) is 0 Å². The van der Waals surface area contributed by atoms with Gasteiger partial charge in [-0.1, -0.05) is 24.3 Å². The Hall–Kier alpha value is -3.50. The fraction of sp³-hybridized carbons (Fsp3) is 0.158. The fourth-order valence-corrected chi connectivity index (χ4v) is 2.60. The molecular weight excluding hydrogens is 414 g/mol. The highest BCUT2D eigenvalue weighted by molar-refractivity contribution is 5.69. The average molecular weight is 428 g/mol. The van der Waals surface area contributed by atoms with Crippen molar-refractivity contribution in [1.82, 2.24) is 9.97 Å². The lowest BCUT2D eigenvalue weighted by Gasteiger charge is -2.15. The lowest BCUT2D eigenvalue weighted by molar-refractivity contribution is -0.274. The van der Waals surface area contributed by atoms with Crippen LogP contribution in [-0.2, 0) is 6.18 Å². The van der Waals surface area contributed by atoms with E-state index in [-0.39, 0.29) is 28.7 Å². The molecule has 0 atom stereocenters. The second kappa shape index (κ2) is 8.09. The van der Waals surface area contributed by atoms with Crippen molar-refractivity contribution in [2.45, 2.75) is 12.5 Å². The third kappa shape index (κ3) is 5.31. The zero-order valence-electron chi connectivity index (χ0n) is 15.3. The Kier molecular flexibility index (Phi) is 5.72. The second-order valence-electron chi connectivity index (χ2n) is 5.96. The number of halogens is 6. The maximum absolute atomic E-state index is 13.2. The van der Waals surface area contributed by atoms with E-state index >= 15 is 0 Å². The molecule has 0 saturated heterocycles. The van der Waals surface area contributed by atoms with Gasteiger partial charge >= 0.3 is 12.5 Å². The Morgan fingerprint density at radius 2 is 1.60 bits per heavy atom. The van der Waals surface area contributed by atoms with E-state index < -0.39 is 23.9 Å². The van der Waals surface area contributed by atoms with Gasteiger partial charge in [-0.15, -0.1) is 13.2 Å². The van der Waals surface area contributed by atoms with Crippen LogP contribution in [-0.4, -0.2) is 23.4 Å². The predicted molar refractivity (Wildman–Crippen MR) is 98.4 cm³/mol. The van der Waals surface area contributed by atoms with E-state index in [4.69, 9.17) is 0 Å². The monoisotopic (exact) mass is 428 g/mol. The zero-order valence-corrected chi connectivity index (χ0v) is 15.3. The van der Waals surface area contributed by atoms with Crippen molar-refractivity contribution in [2.24, 2.45) is 0 Å². The predicted octanol–water partition coefficient (Wildman–Crippen LogP) is 5.85. The number of nitrogens with zero attached hydrogens (tertiary/aromatic N) is 2. The number of para-hydroxylation sites is 1. The Bertz CT molecular complexity index is 1040. The number of ether oxygens (including phenoxy) is 1. The number of anilines is 3. The standard InChI is InChI=1S/C19H14F6N4O/c1-26-17-28-15(11-5-4-6-12(9-11)30-19(23,24)25)10-16(29-17)27-14-8-3-2-7-13(14)18(20,21)22/h2-10H,1H3,(H2,26,27,28,29). The van der Waals surface area contributed by atoms with Crippen LogP contribution < -0.4 is 15.4 Å². The van der Waals surface area contributed by atoms with Gasteiger partial charge in [0, 0.05) is 18.7 Å². The minimum Gasteiger partial charge on any atom is -0.406 e. The number of hydrogen-bond donors (Lipinski definition) is 2. The molecule has 0 bridgehead atoms. The summed E-state index contributed by atoms with van der Waals surface area (Å²) >= 11 is 0. The molecule has 0 amide bonds. The third-order valence-corrected chi connectivity index (χ3v) is 3.81. The number of nitrogens with one attached hydrogen (secondary N) is 2. The van der Waals surface area contributed by atoms with Gasteiger partial charge < -0.3 is 15.4 Å². The van der Waals surface area contributed by atoms with Crippen LogP contribution in [0.15, 0.2) is 54.6 Å². The summed E-state index contributed by atoms with van der Waals surface area (Å²) in [7, 11) is 1.50. The van der Waals surface area contributed by atoms with E-state index in [0.29, 0.717) is 0 Å². The summed E-state index contributed by atoms with van der Waals surface area (Å²) in [5, 5.41) is 5.26. The number of benzene rings is 2. The molecule has 0 spiro atoms. The van der Waals surface area contributed by atoms with Crippen molar-refractivity contribution in [1.29, 1.82) is 0 Å². The van der Waals surface area contributed by atoms with Gasteiger partial charge in [0.15, 0.2) is 0 Å². The molecule has 3 rings (SSSR count). The largest absolute Gasteiger partial charge is 0.573 e. The van der Waals surface area contributed by atoms with Crippen molar-refractivity contribution in [3.05, 3.63) is 60.2 Å². The minimum atomic E-state index is -4.87. The van der Waals surface area contributed by atoms with Crippen LogP contribution in [0.1, 0.15) is 5.56 Å². The Morgan fingerprint density at radius 3 is 2.27 bits per heavy atom. The van der Waals surface area contributed by atoms with Crippen LogP contribution in [0, 0.1) is 0 Å². The topological polar surface area (TPSA) is 59.1 Å². The van der Waals surface area contributed by atoms with Gasteiger partial charge in [0.1, 0.15) is 11.6 Å². The van der Waals surface area contributed by atoms with Crippen molar-refractivity contribution in [3.63, 3.8) is 0 Å². The Labute approximate surface area is 166 Å². The van der Waals surface area contributed by atoms with Gasteiger partial charge in [0.2, 0.25) is 5.95 Å². The van der Waals surface area contributed by atoms with E-state index in [2.05, 4.69) is 25.3 Å². The first-order valence-corrected chi connectivity index (χ1v) is 8.41. The molecule has 0 aliphatic rings. The number of alkyl halides is 6. The smallest absolute Gasteiger partial charge is 0.406 e. The molecule has 11 heteroatoms. The van der Waals surface area contributed by atoms with Gasteiger partial charge in [0.05, 0.1) is 16.9 Å². The highest BCUT2D eigenvalue weighted by atomic mass is 19.4. The summed E-state index contributed by atoms with van der Waals surface area (Å²) in [6.07, 6.45) is -9.46. The molecule has 0 fully saturated rings. The lowest BCUT2D eigenvalue weighted by Crippen LogP contribution is -2.17. The number of hydrogen-bond acceptors (Lipinski definition) is 5. The molecule has 30 heavy (non-hydrogen) atoms. The molecule has 0 aliphatic carbocycles. The highest BCUT2D eigenvalue weighted by Gasteiger charge is 2.33. The summed E-state index contributed by atoms with van der Waals surface area (Å²) < 4.78 is 81.0. The minimum absolute atomic E-state index is 0.0168. The second-order valence-corrected chi connectivity index (χ2v) is 5.96. The average Bonchev–Trinajstić information content (AvgIpc) is 2.66. The van der Waals surface area contributed by atoms with E-state index in [9.17, 15) is 26.3 Å². The number of aromatic nitrogens is 2. The SMILES string of the molecule is CNc1nc(Nc2ccccc2C(F)(F)F)cc(-c2cccc(OC(F)(F)F)c2)n1. The van der Waals surface area contributed by atoms with E-state index in [1.807, 2.05) is 0 Å². The molecule has 2 N–H and O–H groups in total. The molecule has 158 valence electrons. The molecule has 3 aromatic rings. The first kappa shape index (κ1) is 21.2. The first-order valence-electron chi connectivity index (χ1n) is 8.41. The fourth-order valence-electron chi connectivity index (χ4n) is 2.60. The normalized spacial score (nSPS) is 11.8. The van der Waals surface area contributed by atoms with Crippen LogP contribution in [0.5, 0.6) is 5.75 Å².